The van der Waals surface area contributed by atoms with Crippen molar-refractivity contribution < 1.29 is 9.59 Å². The summed E-state index contributed by atoms with van der Waals surface area (Å²) in [6.07, 6.45) is 2.77. The number of hydrogen-bond donors (Lipinski definition) is 2. The summed E-state index contributed by atoms with van der Waals surface area (Å²) in [5.41, 5.74) is 0.977. The summed E-state index contributed by atoms with van der Waals surface area (Å²) < 4.78 is 0. The van der Waals surface area contributed by atoms with Gasteiger partial charge in [0.25, 0.3) is 0 Å². The maximum atomic E-state index is 12.1. The van der Waals surface area contributed by atoms with E-state index in [0.29, 0.717) is 25.9 Å². The van der Waals surface area contributed by atoms with E-state index in [-0.39, 0.29) is 17.7 Å². The zero-order chi connectivity index (χ0) is 14.5. The number of carbonyl (C=O) groups excluding carboxylic acids is 2. The number of hydrogen-bond acceptors (Lipinski definition) is 4. The number of carbonyl (C=O) groups is 2. The van der Waals surface area contributed by atoms with Gasteiger partial charge in [0.15, 0.2) is 0 Å². The van der Waals surface area contributed by atoms with Crippen LogP contribution in [0, 0.1) is 5.92 Å². The van der Waals surface area contributed by atoms with E-state index in [9.17, 15) is 9.59 Å². The van der Waals surface area contributed by atoms with E-state index in [1.165, 1.54) is 0 Å². The van der Waals surface area contributed by atoms with Gasteiger partial charge in [-0.1, -0.05) is 6.07 Å². The zero-order valence-electron chi connectivity index (χ0n) is 11.8. The molecule has 2 heterocycles. The third-order valence-corrected chi connectivity index (χ3v) is 3.38. The van der Waals surface area contributed by atoms with Crippen molar-refractivity contribution in [2.45, 2.75) is 19.4 Å². The minimum absolute atomic E-state index is 0.0152. The molecule has 2 amide bonds. The fourth-order valence-corrected chi connectivity index (χ4v) is 2.25. The second kappa shape index (κ2) is 6.36. The van der Waals surface area contributed by atoms with Crippen molar-refractivity contribution in [3.63, 3.8) is 0 Å². The monoisotopic (exact) mass is 276 g/mol. The van der Waals surface area contributed by atoms with Crippen LogP contribution in [0.2, 0.25) is 0 Å². The highest BCUT2D eigenvalue weighted by atomic mass is 16.2. The molecule has 0 aliphatic carbocycles. The Bertz CT molecular complexity index is 492. The third-order valence-electron chi connectivity index (χ3n) is 3.38. The Labute approximate surface area is 118 Å². The van der Waals surface area contributed by atoms with Crippen molar-refractivity contribution in [3.05, 3.63) is 23.9 Å². The molecule has 1 aliphatic heterocycles. The zero-order valence-corrected chi connectivity index (χ0v) is 11.8. The number of nitrogens with one attached hydrogen (secondary N) is 2. The van der Waals surface area contributed by atoms with E-state index in [0.717, 1.165) is 11.4 Å². The van der Waals surface area contributed by atoms with Crippen molar-refractivity contribution >= 4 is 17.6 Å². The normalized spacial score (nSPS) is 18.3. The molecule has 0 aromatic carbocycles. The Morgan fingerprint density at radius 2 is 2.35 bits per heavy atom. The first kappa shape index (κ1) is 14.3. The van der Waals surface area contributed by atoms with Gasteiger partial charge in [0.1, 0.15) is 5.82 Å². The van der Waals surface area contributed by atoms with Crippen LogP contribution in [0.1, 0.15) is 18.4 Å². The standard InChI is InChI=1S/C14H20N4O2/c1-18(2)13-10(4-3-7-15-13)8-17-14(20)11-5-6-12(19)16-9-11/h3-4,7,11H,5-6,8-9H2,1-2H3,(H,16,19)(H,17,20). The third kappa shape index (κ3) is 3.46. The number of rotatable bonds is 4. The highest BCUT2D eigenvalue weighted by Crippen LogP contribution is 2.15. The van der Waals surface area contributed by atoms with Crippen LogP contribution in [-0.4, -0.2) is 37.4 Å². The molecule has 1 unspecified atom stereocenters. The molecule has 6 heteroatoms. The van der Waals surface area contributed by atoms with Crippen molar-refractivity contribution in [1.82, 2.24) is 15.6 Å². The predicted octanol–water partition coefficient (Wildman–Crippen LogP) is 0.290. The molecule has 1 fully saturated rings. The summed E-state index contributed by atoms with van der Waals surface area (Å²) >= 11 is 0. The minimum atomic E-state index is -0.132. The van der Waals surface area contributed by atoms with E-state index < -0.39 is 0 Å². The molecule has 2 rings (SSSR count). The molecule has 0 saturated carbocycles. The topological polar surface area (TPSA) is 74.3 Å². The maximum Gasteiger partial charge on any atom is 0.225 e. The fraction of sp³-hybridized carbons (Fsp3) is 0.500. The maximum absolute atomic E-state index is 12.1. The Morgan fingerprint density at radius 1 is 1.55 bits per heavy atom. The second-order valence-corrected chi connectivity index (χ2v) is 5.14. The van der Waals surface area contributed by atoms with Gasteiger partial charge in [0.05, 0.1) is 5.92 Å². The molecular formula is C14H20N4O2. The molecule has 6 nitrogen and oxygen atoms in total. The lowest BCUT2D eigenvalue weighted by Gasteiger charge is -2.22. The summed E-state index contributed by atoms with van der Waals surface area (Å²) in [5.74, 6) is 0.728. The van der Waals surface area contributed by atoms with Crippen molar-refractivity contribution in [1.29, 1.82) is 0 Å². The lowest BCUT2D eigenvalue weighted by atomic mass is 9.98. The molecule has 1 atom stereocenters. The van der Waals surface area contributed by atoms with Crippen molar-refractivity contribution in [2.24, 2.45) is 5.92 Å². The average Bonchev–Trinajstić information content (AvgIpc) is 2.45. The van der Waals surface area contributed by atoms with E-state index in [1.807, 2.05) is 31.1 Å². The molecule has 0 bridgehead atoms. The summed E-state index contributed by atoms with van der Waals surface area (Å²) in [7, 11) is 3.84. The summed E-state index contributed by atoms with van der Waals surface area (Å²) in [4.78, 5) is 29.4. The smallest absolute Gasteiger partial charge is 0.225 e. The molecule has 108 valence electrons. The predicted molar refractivity (Wildman–Crippen MR) is 76.1 cm³/mol. The van der Waals surface area contributed by atoms with Crippen LogP contribution in [0.15, 0.2) is 18.3 Å². The lowest BCUT2D eigenvalue weighted by molar-refractivity contribution is -0.129. The van der Waals surface area contributed by atoms with Crippen molar-refractivity contribution in [3.8, 4) is 0 Å². The van der Waals surface area contributed by atoms with Gasteiger partial charge in [0.2, 0.25) is 11.8 Å². The van der Waals surface area contributed by atoms with Crippen LogP contribution in [0.25, 0.3) is 0 Å². The van der Waals surface area contributed by atoms with Gasteiger partial charge in [-0.15, -0.1) is 0 Å². The number of amides is 2. The van der Waals surface area contributed by atoms with Gasteiger partial charge in [-0.3, -0.25) is 9.59 Å². The molecule has 1 aromatic rings. The molecule has 2 N–H and O–H groups in total. The highest BCUT2D eigenvalue weighted by Gasteiger charge is 2.24. The van der Waals surface area contributed by atoms with Gasteiger partial charge in [-0.2, -0.15) is 0 Å². The van der Waals surface area contributed by atoms with Crippen LogP contribution < -0.4 is 15.5 Å². The average molecular weight is 276 g/mol. The van der Waals surface area contributed by atoms with Gasteiger partial charge in [-0.25, -0.2) is 4.98 Å². The van der Waals surface area contributed by atoms with Crippen LogP contribution in [0.5, 0.6) is 0 Å². The number of pyridine rings is 1. The number of piperidine rings is 1. The number of anilines is 1. The summed E-state index contributed by atoms with van der Waals surface area (Å²) in [6.45, 7) is 0.878. The number of nitrogens with zero attached hydrogens (tertiary/aromatic N) is 2. The van der Waals surface area contributed by atoms with Crippen LogP contribution >= 0.6 is 0 Å². The highest BCUT2D eigenvalue weighted by molar-refractivity contribution is 5.83. The molecule has 1 aromatic heterocycles. The Balaban J connectivity index is 1.92. The Hall–Kier alpha value is -2.11. The van der Waals surface area contributed by atoms with Crippen molar-refractivity contribution in [2.75, 3.05) is 25.5 Å². The van der Waals surface area contributed by atoms with Gasteiger partial charge in [0, 0.05) is 45.4 Å². The van der Waals surface area contributed by atoms with E-state index >= 15 is 0 Å². The molecule has 0 spiro atoms. The molecule has 1 saturated heterocycles. The first-order valence-electron chi connectivity index (χ1n) is 6.73. The largest absolute Gasteiger partial charge is 0.362 e. The molecule has 0 radical (unpaired) electrons. The van der Waals surface area contributed by atoms with Crippen LogP contribution in [0.3, 0.4) is 0 Å². The Kier molecular flexibility index (Phi) is 4.55. The first-order valence-corrected chi connectivity index (χ1v) is 6.73. The van der Waals surface area contributed by atoms with Gasteiger partial charge >= 0.3 is 0 Å². The second-order valence-electron chi connectivity index (χ2n) is 5.14. The molecule has 20 heavy (non-hydrogen) atoms. The number of aromatic nitrogens is 1. The SMILES string of the molecule is CN(C)c1ncccc1CNC(=O)C1CCC(=O)NC1. The van der Waals surface area contributed by atoms with E-state index in [1.54, 1.807) is 6.20 Å². The van der Waals surface area contributed by atoms with Gasteiger partial charge in [-0.05, 0) is 12.5 Å². The Morgan fingerprint density at radius 3 is 3.00 bits per heavy atom. The van der Waals surface area contributed by atoms with E-state index in [2.05, 4.69) is 15.6 Å². The lowest BCUT2D eigenvalue weighted by Crippen LogP contribution is -2.42. The molecule has 1 aliphatic rings. The quantitative estimate of drug-likeness (QED) is 0.829. The first-order chi connectivity index (χ1) is 9.58. The van der Waals surface area contributed by atoms with Gasteiger partial charge < -0.3 is 15.5 Å². The summed E-state index contributed by atoms with van der Waals surface area (Å²) in [5, 5.41) is 5.64. The minimum Gasteiger partial charge on any atom is -0.362 e. The molecular weight excluding hydrogens is 256 g/mol. The van der Waals surface area contributed by atoms with Crippen LogP contribution in [-0.2, 0) is 16.1 Å². The van der Waals surface area contributed by atoms with Crippen LogP contribution in [0.4, 0.5) is 5.82 Å². The van der Waals surface area contributed by atoms with E-state index in [4.69, 9.17) is 0 Å². The fourth-order valence-electron chi connectivity index (χ4n) is 2.25. The summed E-state index contributed by atoms with van der Waals surface area (Å²) in [6, 6.07) is 3.81.